The molecule has 1 amide bonds. The Kier molecular flexibility index (Phi) is 8.27. The molecule has 1 aromatic carbocycles. The molecule has 0 heterocycles. The molecular formula is C13H19ClF2N2O. The molecule has 19 heavy (non-hydrogen) atoms. The molecule has 1 rings (SSSR count). The summed E-state index contributed by atoms with van der Waals surface area (Å²) in [7, 11) is 0. The summed E-state index contributed by atoms with van der Waals surface area (Å²) in [6.45, 7) is 2.04. The second kappa shape index (κ2) is 8.82. The highest BCUT2D eigenvalue weighted by atomic mass is 35.5. The number of benzene rings is 1. The number of carbonyl (C=O) groups excluding carboxylic acids is 1. The minimum absolute atomic E-state index is 0. The summed E-state index contributed by atoms with van der Waals surface area (Å²) in [5, 5.41) is 2.61. The molecule has 0 fully saturated rings. The van der Waals surface area contributed by atoms with Crippen molar-refractivity contribution in [3.05, 3.63) is 35.4 Å². The quantitative estimate of drug-likeness (QED) is 0.844. The fraction of sp³-hybridized carbons (Fsp3) is 0.462. The molecule has 0 bridgehead atoms. The second-order valence-corrected chi connectivity index (χ2v) is 4.32. The lowest BCUT2D eigenvalue weighted by atomic mass is 10.1. The van der Waals surface area contributed by atoms with Gasteiger partial charge in [0.25, 0.3) is 0 Å². The number of hydrogen-bond donors (Lipinski definition) is 2. The fourth-order valence-corrected chi connectivity index (χ4v) is 1.55. The molecule has 108 valence electrons. The molecule has 1 aromatic rings. The van der Waals surface area contributed by atoms with Crippen LogP contribution in [0.4, 0.5) is 8.78 Å². The van der Waals surface area contributed by atoms with E-state index in [4.69, 9.17) is 5.73 Å². The van der Waals surface area contributed by atoms with Gasteiger partial charge in [-0.05, 0) is 31.9 Å². The average Bonchev–Trinajstić information content (AvgIpc) is 2.30. The van der Waals surface area contributed by atoms with Gasteiger partial charge < -0.3 is 11.1 Å². The van der Waals surface area contributed by atoms with Gasteiger partial charge >= 0.3 is 0 Å². The maximum Gasteiger partial charge on any atom is 0.220 e. The molecule has 0 spiro atoms. The summed E-state index contributed by atoms with van der Waals surface area (Å²) in [6, 6.07) is 3.70. The summed E-state index contributed by atoms with van der Waals surface area (Å²) >= 11 is 0. The number of carbonyl (C=O) groups is 1. The maximum atomic E-state index is 13.3. The van der Waals surface area contributed by atoms with Gasteiger partial charge in [0.15, 0.2) is 0 Å². The Bertz CT molecular complexity index is 393. The second-order valence-electron chi connectivity index (χ2n) is 4.32. The Hall–Kier alpha value is -1.20. The Morgan fingerprint density at radius 2 is 1.95 bits per heavy atom. The van der Waals surface area contributed by atoms with Crippen LogP contribution in [-0.4, -0.2) is 18.5 Å². The highest BCUT2D eigenvalue weighted by molar-refractivity contribution is 5.85. The molecule has 3 nitrogen and oxygen atoms in total. The molecule has 0 saturated heterocycles. The van der Waals surface area contributed by atoms with E-state index in [9.17, 15) is 13.6 Å². The van der Waals surface area contributed by atoms with Crippen molar-refractivity contribution in [2.24, 2.45) is 5.73 Å². The van der Waals surface area contributed by atoms with Crippen LogP contribution in [-0.2, 0) is 11.2 Å². The lowest BCUT2D eigenvalue weighted by Gasteiger charge is -2.08. The summed E-state index contributed by atoms with van der Waals surface area (Å²) < 4.78 is 26.5. The van der Waals surface area contributed by atoms with Crippen LogP contribution in [0.1, 0.15) is 25.3 Å². The Morgan fingerprint density at radius 1 is 1.37 bits per heavy atom. The van der Waals surface area contributed by atoms with E-state index in [1.54, 1.807) is 0 Å². The van der Waals surface area contributed by atoms with E-state index < -0.39 is 11.6 Å². The molecule has 0 aliphatic carbocycles. The third kappa shape index (κ3) is 6.50. The first-order valence-electron chi connectivity index (χ1n) is 5.96. The molecule has 0 aliphatic heterocycles. The molecule has 0 aromatic heterocycles. The van der Waals surface area contributed by atoms with Crippen molar-refractivity contribution in [1.82, 2.24) is 5.32 Å². The number of halogens is 3. The van der Waals surface area contributed by atoms with Gasteiger partial charge in [0.2, 0.25) is 5.91 Å². The number of hydrogen-bond acceptors (Lipinski definition) is 2. The first-order valence-corrected chi connectivity index (χ1v) is 5.96. The van der Waals surface area contributed by atoms with Crippen LogP contribution in [0.2, 0.25) is 0 Å². The van der Waals surface area contributed by atoms with E-state index in [0.29, 0.717) is 12.8 Å². The Balaban J connectivity index is 0.00000324. The van der Waals surface area contributed by atoms with Gasteiger partial charge in [0.1, 0.15) is 11.6 Å². The first-order chi connectivity index (χ1) is 8.50. The van der Waals surface area contributed by atoms with Gasteiger partial charge in [0, 0.05) is 24.6 Å². The zero-order chi connectivity index (χ0) is 13.5. The van der Waals surface area contributed by atoms with E-state index >= 15 is 0 Å². The van der Waals surface area contributed by atoms with Gasteiger partial charge in [-0.2, -0.15) is 0 Å². The summed E-state index contributed by atoms with van der Waals surface area (Å²) in [5.74, 6) is -1.32. The van der Waals surface area contributed by atoms with Gasteiger partial charge in [-0.15, -0.1) is 12.4 Å². The van der Waals surface area contributed by atoms with Crippen molar-refractivity contribution < 1.29 is 13.6 Å². The third-order valence-corrected chi connectivity index (χ3v) is 2.59. The van der Waals surface area contributed by atoms with Crippen LogP contribution in [0.15, 0.2) is 18.2 Å². The monoisotopic (exact) mass is 292 g/mol. The zero-order valence-corrected chi connectivity index (χ0v) is 11.6. The maximum absolute atomic E-state index is 13.3. The van der Waals surface area contributed by atoms with Gasteiger partial charge in [0.05, 0.1) is 0 Å². The van der Waals surface area contributed by atoms with Gasteiger partial charge in [-0.1, -0.05) is 6.07 Å². The van der Waals surface area contributed by atoms with E-state index in [-0.39, 0.29) is 42.9 Å². The van der Waals surface area contributed by atoms with E-state index in [1.165, 1.54) is 18.2 Å². The average molecular weight is 293 g/mol. The predicted molar refractivity (Wildman–Crippen MR) is 73.2 cm³/mol. The smallest absolute Gasteiger partial charge is 0.220 e. The molecule has 1 atom stereocenters. The summed E-state index contributed by atoms with van der Waals surface area (Å²) in [4.78, 5) is 11.4. The SMILES string of the molecule is CC(N)CCC(=O)NCCc1c(F)cccc1F.Cl. The molecule has 6 heteroatoms. The Morgan fingerprint density at radius 3 is 2.47 bits per heavy atom. The molecule has 0 saturated carbocycles. The lowest BCUT2D eigenvalue weighted by molar-refractivity contribution is -0.121. The first kappa shape index (κ1) is 17.8. The number of rotatable bonds is 6. The fourth-order valence-electron chi connectivity index (χ4n) is 1.55. The van der Waals surface area contributed by atoms with Crippen molar-refractivity contribution in [2.75, 3.05) is 6.54 Å². The normalized spacial score (nSPS) is 11.6. The highest BCUT2D eigenvalue weighted by Gasteiger charge is 2.09. The van der Waals surface area contributed by atoms with Crippen LogP contribution in [0, 0.1) is 11.6 Å². The minimum Gasteiger partial charge on any atom is -0.356 e. The zero-order valence-electron chi connectivity index (χ0n) is 10.8. The van der Waals surface area contributed by atoms with E-state index in [2.05, 4.69) is 5.32 Å². The molecule has 1 unspecified atom stereocenters. The van der Waals surface area contributed by atoms with Crippen molar-refractivity contribution in [2.45, 2.75) is 32.2 Å². The largest absolute Gasteiger partial charge is 0.356 e. The van der Waals surface area contributed by atoms with Crippen molar-refractivity contribution in [3.63, 3.8) is 0 Å². The third-order valence-electron chi connectivity index (χ3n) is 2.59. The van der Waals surface area contributed by atoms with E-state index in [0.717, 1.165) is 0 Å². The standard InChI is InChI=1S/C13H18F2N2O.ClH/c1-9(16)5-6-13(18)17-8-7-10-11(14)3-2-4-12(10)15;/h2-4,9H,5-8,16H2,1H3,(H,17,18);1H. The van der Waals surface area contributed by atoms with Crippen LogP contribution >= 0.6 is 12.4 Å². The predicted octanol–water partition coefficient (Wildman–Crippen LogP) is 2.17. The van der Waals surface area contributed by atoms with Crippen LogP contribution < -0.4 is 11.1 Å². The van der Waals surface area contributed by atoms with Crippen LogP contribution in [0.25, 0.3) is 0 Å². The number of nitrogens with one attached hydrogen (secondary N) is 1. The van der Waals surface area contributed by atoms with Gasteiger partial charge in [-0.3, -0.25) is 4.79 Å². The molecule has 0 radical (unpaired) electrons. The molecule has 3 N–H and O–H groups in total. The van der Waals surface area contributed by atoms with Crippen LogP contribution in [0.5, 0.6) is 0 Å². The summed E-state index contributed by atoms with van der Waals surface area (Å²) in [6.07, 6.45) is 1.07. The van der Waals surface area contributed by atoms with Crippen LogP contribution in [0.3, 0.4) is 0 Å². The number of nitrogens with two attached hydrogens (primary N) is 1. The van der Waals surface area contributed by atoms with E-state index in [1.807, 2.05) is 6.92 Å². The minimum atomic E-state index is -0.583. The molecule has 0 aliphatic rings. The summed E-state index contributed by atoms with van der Waals surface area (Å²) in [5.41, 5.74) is 5.53. The Labute approximate surface area is 118 Å². The number of amides is 1. The van der Waals surface area contributed by atoms with Crippen molar-refractivity contribution >= 4 is 18.3 Å². The highest BCUT2D eigenvalue weighted by Crippen LogP contribution is 2.11. The van der Waals surface area contributed by atoms with Gasteiger partial charge in [-0.25, -0.2) is 8.78 Å². The molecular weight excluding hydrogens is 274 g/mol. The topological polar surface area (TPSA) is 55.1 Å². The van der Waals surface area contributed by atoms with Crippen molar-refractivity contribution in [3.8, 4) is 0 Å². The lowest BCUT2D eigenvalue weighted by Crippen LogP contribution is -2.27. The van der Waals surface area contributed by atoms with Crippen molar-refractivity contribution in [1.29, 1.82) is 0 Å².